The first-order valence-electron chi connectivity index (χ1n) is 11.8. The summed E-state index contributed by atoms with van der Waals surface area (Å²) in [4.78, 5) is 22.0. The van der Waals surface area contributed by atoms with E-state index in [2.05, 4.69) is 20.1 Å². The van der Waals surface area contributed by atoms with Crippen molar-refractivity contribution in [1.29, 1.82) is 0 Å². The van der Waals surface area contributed by atoms with Gasteiger partial charge in [-0.2, -0.15) is 10.1 Å². The molecule has 35 heavy (non-hydrogen) atoms. The summed E-state index contributed by atoms with van der Waals surface area (Å²) < 4.78 is 7.30. The zero-order chi connectivity index (χ0) is 24.4. The number of hydrogen-bond acceptors (Lipinski definition) is 6. The zero-order valence-electron chi connectivity index (χ0n) is 19.8. The lowest BCUT2D eigenvalue weighted by Crippen LogP contribution is -2.48. The van der Waals surface area contributed by atoms with Crippen LogP contribution in [0.4, 0.5) is 0 Å². The summed E-state index contributed by atoms with van der Waals surface area (Å²) in [6.07, 6.45) is 2.36. The van der Waals surface area contributed by atoms with E-state index in [0.717, 1.165) is 35.6 Å². The second kappa shape index (κ2) is 10.0. The second-order valence-electron chi connectivity index (χ2n) is 8.65. The summed E-state index contributed by atoms with van der Waals surface area (Å²) in [5, 5.41) is 9.28. The number of aryl methyl sites for hydroxylation is 1. The van der Waals surface area contributed by atoms with Gasteiger partial charge in [0.1, 0.15) is 0 Å². The Morgan fingerprint density at radius 2 is 1.89 bits per heavy atom. The number of nitrogens with zero attached hydrogens (tertiary/aromatic N) is 6. The highest BCUT2D eigenvalue weighted by Gasteiger charge is 2.27. The zero-order valence-corrected chi connectivity index (χ0v) is 20.6. The second-order valence-corrected chi connectivity index (χ2v) is 9.08. The minimum atomic E-state index is 0.00871. The van der Waals surface area contributed by atoms with Crippen LogP contribution in [0.2, 0.25) is 5.02 Å². The molecule has 0 radical (unpaired) electrons. The van der Waals surface area contributed by atoms with E-state index >= 15 is 0 Å². The van der Waals surface area contributed by atoms with Gasteiger partial charge in [-0.1, -0.05) is 54.0 Å². The van der Waals surface area contributed by atoms with E-state index < -0.39 is 0 Å². The fourth-order valence-electron chi connectivity index (χ4n) is 4.45. The first-order valence-corrected chi connectivity index (χ1v) is 12.1. The fourth-order valence-corrected chi connectivity index (χ4v) is 4.63. The molecule has 0 bridgehead atoms. The van der Waals surface area contributed by atoms with Crippen molar-refractivity contribution in [3.05, 3.63) is 82.5 Å². The van der Waals surface area contributed by atoms with Gasteiger partial charge in [0.25, 0.3) is 5.91 Å². The third kappa shape index (κ3) is 4.85. The summed E-state index contributed by atoms with van der Waals surface area (Å²) in [6.45, 7) is 7.35. The van der Waals surface area contributed by atoms with E-state index in [1.54, 1.807) is 10.9 Å². The van der Waals surface area contributed by atoms with Crippen molar-refractivity contribution in [2.75, 3.05) is 26.2 Å². The van der Waals surface area contributed by atoms with Gasteiger partial charge in [0.15, 0.2) is 0 Å². The maximum Gasteiger partial charge on any atom is 0.257 e. The van der Waals surface area contributed by atoms with Crippen molar-refractivity contribution >= 4 is 17.5 Å². The Balaban J connectivity index is 1.23. The molecule has 1 aliphatic rings. The number of piperazine rings is 1. The van der Waals surface area contributed by atoms with Gasteiger partial charge in [0.05, 0.1) is 29.7 Å². The third-order valence-corrected chi connectivity index (χ3v) is 6.59. The van der Waals surface area contributed by atoms with Crippen LogP contribution in [0, 0.1) is 6.92 Å². The molecule has 0 N–H and O–H groups in total. The quantitative estimate of drug-likeness (QED) is 0.398. The number of halogens is 1. The molecule has 0 unspecified atom stereocenters. The smallest absolute Gasteiger partial charge is 0.257 e. The van der Waals surface area contributed by atoms with Crippen molar-refractivity contribution in [1.82, 2.24) is 29.7 Å². The molecule has 0 aliphatic carbocycles. The summed E-state index contributed by atoms with van der Waals surface area (Å²) >= 11 is 6.16. The lowest BCUT2D eigenvalue weighted by Gasteiger charge is -2.33. The Kier molecular flexibility index (Phi) is 6.66. The Bertz CT molecular complexity index is 1340. The summed E-state index contributed by atoms with van der Waals surface area (Å²) in [6, 6.07) is 15.5. The van der Waals surface area contributed by atoms with Crippen LogP contribution >= 0.6 is 11.6 Å². The first-order chi connectivity index (χ1) is 17.0. The van der Waals surface area contributed by atoms with E-state index in [4.69, 9.17) is 16.1 Å². The minimum Gasteiger partial charge on any atom is -0.338 e. The van der Waals surface area contributed by atoms with E-state index in [0.29, 0.717) is 48.4 Å². The molecule has 4 aromatic rings. The maximum absolute atomic E-state index is 13.3. The van der Waals surface area contributed by atoms with E-state index in [9.17, 15) is 4.79 Å². The Morgan fingerprint density at radius 1 is 1.09 bits per heavy atom. The number of benzene rings is 2. The van der Waals surface area contributed by atoms with Crippen molar-refractivity contribution in [3.8, 4) is 17.1 Å². The van der Waals surface area contributed by atoms with Gasteiger partial charge in [0.2, 0.25) is 11.7 Å². The Labute approximate surface area is 209 Å². The van der Waals surface area contributed by atoms with Crippen LogP contribution in [0.3, 0.4) is 0 Å². The van der Waals surface area contributed by atoms with E-state index in [-0.39, 0.29) is 5.91 Å². The summed E-state index contributed by atoms with van der Waals surface area (Å²) in [5.74, 6) is 1.20. The lowest BCUT2D eigenvalue weighted by atomic mass is 10.1. The van der Waals surface area contributed by atoms with Crippen LogP contribution in [0.25, 0.3) is 17.1 Å². The summed E-state index contributed by atoms with van der Waals surface area (Å²) in [7, 11) is 0. The van der Waals surface area contributed by atoms with Crippen molar-refractivity contribution in [2.45, 2.75) is 26.8 Å². The molecule has 1 saturated heterocycles. The van der Waals surface area contributed by atoms with Crippen LogP contribution in [-0.4, -0.2) is 61.8 Å². The van der Waals surface area contributed by atoms with Crippen LogP contribution in [0.1, 0.15) is 34.4 Å². The first kappa shape index (κ1) is 23.3. The fraction of sp³-hybridized carbons (Fsp3) is 0.308. The molecule has 3 heterocycles. The number of amides is 1. The molecule has 0 saturated carbocycles. The van der Waals surface area contributed by atoms with Gasteiger partial charge in [-0.3, -0.25) is 9.69 Å². The third-order valence-electron chi connectivity index (χ3n) is 6.36. The van der Waals surface area contributed by atoms with Crippen molar-refractivity contribution < 1.29 is 9.32 Å². The average Bonchev–Trinajstić information content (AvgIpc) is 3.51. The predicted molar refractivity (Wildman–Crippen MR) is 134 cm³/mol. The van der Waals surface area contributed by atoms with Gasteiger partial charge in [0, 0.05) is 36.8 Å². The Morgan fingerprint density at radius 3 is 2.63 bits per heavy atom. The van der Waals surface area contributed by atoms with Gasteiger partial charge >= 0.3 is 0 Å². The number of rotatable bonds is 6. The van der Waals surface area contributed by atoms with Crippen LogP contribution in [0.5, 0.6) is 0 Å². The predicted octanol–water partition coefficient (Wildman–Crippen LogP) is 4.40. The molecular weight excluding hydrogens is 464 g/mol. The lowest BCUT2D eigenvalue weighted by molar-refractivity contribution is 0.0614. The molecule has 0 spiro atoms. The highest BCUT2D eigenvalue weighted by molar-refractivity contribution is 6.30. The van der Waals surface area contributed by atoms with Crippen molar-refractivity contribution in [2.24, 2.45) is 0 Å². The molecule has 0 atom stereocenters. The molecule has 180 valence electrons. The van der Waals surface area contributed by atoms with Gasteiger partial charge in [-0.15, -0.1) is 0 Å². The molecule has 8 nitrogen and oxygen atoms in total. The van der Waals surface area contributed by atoms with E-state index in [1.807, 2.05) is 67.3 Å². The molecule has 5 rings (SSSR count). The topological polar surface area (TPSA) is 80.3 Å². The SMILES string of the molecule is CCc1c(C(=O)N2CCN(Cc3nc(-c4ccccc4C)no3)CC2)cnn1-c1cccc(Cl)c1. The summed E-state index contributed by atoms with van der Waals surface area (Å²) in [5.41, 5.74) is 4.46. The highest BCUT2D eigenvalue weighted by Crippen LogP contribution is 2.22. The molecule has 2 aromatic carbocycles. The normalized spacial score (nSPS) is 14.4. The molecule has 1 amide bonds. The maximum atomic E-state index is 13.3. The average molecular weight is 491 g/mol. The standard InChI is InChI=1S/C26H27ClN6O2/c1-3-23-22(16-28-33(23)20-9-6-8-19(27)15-20)26(34)32-13-11-31(12-14-32)17-24-29-25(30-35-24)21-10-5-4-7-18(21)2/h4-10,15-16H,3,11-14,17H2,1-2H3. The van der Waals surface area contributed by atoms with E-state index in [1.165, 1.54) is 0 Å². The van der Waals surface area contributed by atoms with Crippen LogP contribution < -0.4 is 0 Å². The van der Waals surface area contributed by atoms with Crippen LogP contribution in [0.15, 0.2) is 59.3 Å². The van der Waals surface area contributed by atoms with Crippen LogP contribution in [-0.2, 0) is 13.0 Å². The number of carbonyl (C=O) groups excluding carboxylic acids is 1. The number of hydrogen-bond donors (Lipinski definition) is 0. The molecule has 1 fully saturated rings. The Hall–Kier alpha value is -3.49. The molecule has 9 heteroatoms. The van der Waals surface area contributed by atoms with Gasteiger partial charge in [-0.25, -0.2) is 4.68 Å². The monoisotopic (exact) mass is 490 g/mol. The number of carbonyl (C=O) groups is 1. The molecular formula is C26H27ClN6O2. The largest absolute Gasteiger partial charge is 0.338 e. The van der Waals surface area contributed by atoms with Gasteiger partial charge in [-0.05, 0) is 37.1 Å². The molecule has 1 aliphatic heterocycles. The van der Waals surface area contributed by atoms with Crippen molar-refractivity contribution in [3.63, 3.8) is 0 Å². The van der Waals surface area contributed by atoms with Gasteiger partial charge < -0.3 is 9.42 Å². The minimum absolute atomic E-state index is 0.00871. The highest BCUT2D eigenvalue weighted by atomic mass is 35.5. The molecule has 2 aromatic heterocycles. The number of aromatic nitrogens is 4.